The summed E-state index contributed by atoms with van der Waals surface area (Å²) in [5.74, 6) is 0.501. The summed E-state index contributed by atoms with van der Waals surface area (Å²) in [4.78, 5) is 30.6. The van der Waals surface area contributed by atoms with Crippen molar-refractivity contribution < 1.29 is 23.5 Å². The molecular formula is C27H21FN2O4S. The first kappa shape index (κ1) is 22.7. The summed E-state index contributed by atoms with van der Waals surface area (Å²) < 4.78 is 27.0. The Morgan fingerprint density at radius 1 is 0.971 bits per heavy atom. The molecule has 176 valence electrons. The molecule has 0 aliphatic rings. The zero-order chi connectivity index (χ0) is 24.5. The lowest BCUT2D eigenvalue weighted by Crippen LogP contribution is -2.09. The normalized spacial score (nSPS) is 11.2. The Hall–Kier alpha value is -4.04. The molecule has 0 radical (unpaired) electrons. The molecule has 35 heavy (non-hydrogen) atoms. The van der Waals surface area contributed by atoms with E-state index in [0.717, 1.165) is 16.5 Å². The number of nitrogens with zero attached hydrogens (tertiary/aromatic N) is 2. The second kappa shape index (κ2) is 9.31. The number of carbonyl (C=O) groups is 2. The molecule has 0 aliphatic carbocycles. The van der Waals surface area contributed by atoms with Gasteiger partial charge in [-0.1, -0.05) is 18.2 Å². The van der Waals surface area contributed by atoms with Gasteiger partial charge in [-0.3, -0.25) is 14.0 Å². The van der Waals surface area contributed by atoms with Gasteiger partial charge >= 0.3 is 0 Å². The summed E-state index contributed by atoms with van der Waals surface area (Å²) in [6.07, 6.45) is 1.79. The van der Waals surface area contributed by atoms with Crippen molar-refractivity contribution in [1.29, 1.82) is 0 Å². The lowest BCUT2D eigenvalue weighted by atomic mass is 10.0. The zero-order valence-electron chi connectivity index (χ0n) is 19.1. The summed E-state index contributed by atoms with van der Waals surface area (Å²) in [6, 6.07) is 15.4. The molecule has 8 heteroatoms. The van der Waals surface area contributed by atoms with Gasteiger partial charge < -0.3 is 9.47 Å². The minimum atomic E-state index is -0.285. The third-order valence-electron chi connectivity index (χ3n) is 5.89. The van der Waals surface area contributed by atoms with E-state index in [2.05, 4.69) is 4.98 Å². The van der Waals surface area contributed by atoms with E-state index in [9.17, 15) is 14.0 Å². The number of Topliss-reactive ketones (excluding diaryl/α,β-unsaturated/α-hetero) is 2. The number of methoxy groups -OCH3 is 2. The average Bonchev–Trinajstić information content (AvgIpc) is 3.49. The molecule has 6 nitrogen and oxygen atoms in total. The van der Waals surface area contributed by atoms with E-state index >= 15 is 0 Å². The van der Waals surface area contributed by atoms with Gasteiger partial charge in [-0.25, -0.2) is 9.37 Å². The molecule has 0 amide bonds. The van der Waals surface area contributed by atoms with E-state index in [-0.39, 0.29) is 36.0 Å². The van der Waals surface area contributed by atoms with Crippen LogP contribution in [0.3, 0.4) is 0 Å². The van der Waals surface area contributed by atoms with E-state index < -0.39 is 0 Å². The van der Waals surface area contributed by atoms with Crippen molar-refractivity contribution in [2.45, 2.75) is 12.8 Å². The Bertz CT molecular complexity index is 1590. The Morgan fingerprint density at radius 3 is 2.57 bits per heavy atom. The quantitative estimate of drug-likeness (QED) is 0.243. The second-order valence-corrected chi connectivity index (χ2v) is 8.80. The Kier molecular flexibility index (Phi) is 6.05. The summed E-state index contributed by atoms with van der Waals surface area (Å²) in [6.45, 7) is 0. The molecule has 0 saturated heterocycles. The number of ketones is 2. The first-order valence-corrected chi connectivity index (χ1v) is 11.8. The minimum Gasteiger partial charge on any atom is -0.493 e. The SMILES string of the molecule is COc1ccc(C(=O)CCC(=O)c2nc(-c3csc4c(F)cccc34)c3ccccn23)cc1OC. The number of halogens is 1. The van der Waals surface area contributed by atoms with Crippen molar-refractivity contribution in [1.82, 2.24) is 9.38 Å². The summed E-state index contributed by atoms with van der Waals surface area (Å²) in [5.41, 5.74) is 2.56. The van der Waals surface area contributed by atoms with Gasteiger partial charge in [-0.2, -0.15) is 0 Å². The maximum Gasteiger partial charge on any atom is 0.199 e. The molecule has 0 spiro atoms. The lowest BCUT2D eigenvalue weighted by Gasteiger charge is -2.09. The van der Waals surface area contributed by atoms with Crippen molar-refractivity contribution in [3.8, 4) is 22.8 Å². The van der Waals surface area contributed by atoms with E-state index in [0.29, 0.717) is 27.5 Å². The van der Waals surface area contributed by atoms with Crippen LogP contribution in [0.4, 0.5) is 4.39 Å². The fourth-order valence-corrected chi connectivity index (χ4v) is 5.09. The van der Waals surface area contributed by atoms with E-state index in [1.54, 1.807) is 34.9 Å². The maximum atomic E-state index is 14.3. The van der Waals surface area contributed by atoms with Gasteiger partial charge in [0.15, 0.2) is 28.9 Å². The molecule has 0 fully saturated rings. The molecule has 2 aromatic carbocycles. The highest BCUT2D eigenvalue weighted by molar-refractivity contribution is 7.17. The molecular weight excluding hydrogens is 467 g/mol. The highest BCUT2D eigenvalue weighted by atomic mass is 32.1. The second-order valence-electron chi connectivity index (χ2n) is 7.92. The predicted octanol–water partition coefficient (Wildman–Crippen LogP) is 6.22. The fraction of sp³-hybridized carbons (Fsp3) is 0.148. The summed E-state index contributed by atoms with van der Waals surface area (Å²) in [5, 5.41) is 2.61. The molecule has 0 aliphatic heterocycles. The number of thiophene rings is 1. The number of fused-ring (bicyclic) bond motifs is 2. The molecule has 5 aromatic rings. The van der Waals surface area contributed by atoms with Gasteiger partial charge in [-0.05, 0) is 36.4 Å². The molecule has 5 rings (SSSR count). The van der Waals surface area contributed by atoms with Crippen molar-refractivity contribution in [3.05, 3.63) is 83.4 Å². The van der Waals surface area contributed by atoms with E-state index in [1.165, 1.54) is 31.6 Å². The minimum absolute atomic E-state index is 0.000359. The average molecular weight is 489 g/mol. The Balaban J connectivity index is 1.44. The Morgan fingerprint density at radius 2 is 1.77 bits per heavy atom. The highest BCUT2D eigenvalue weighted by Gasteiger charge is 2.22. The van der Waals surface area contributed by atoms with Crippen LogP contribution in [0, 0.1) is 5.82 Å². The number of rotatable bonds is 8. The lowest BCUT2D eigenvalue weighted by molar-refractivity contribution is 0.0911. The van der Waals surface area contributed by atoms with Crippen LogP contribution in [0.2, 0.25) is 0 Å². The van der Waals surface area contributed by atoms with Crippen molar-refractivity contribution in [3.63, 3.8) is 0 Å². The molecule has 3 heterocycles. The molecule has 0 unspecified atom stereocenters. The first-order valence-electron chi connectivity index (χ1n) is 10.9. The topological polar surface area (TPSA) is 69.9 Å². The standard InChI is InChI=1S/C27H21FN2O4S/c1-33-23-12-9-16(14-24(23)34-2)21(31)10-11-22(32)27-29-25(20-8-3-4-13-30(20)27)18-15-35-26-17(18)6-5-7-19(26)28/h3-9,12-15H,10-11H2,1-2H3. The van der Waals surface area contributed by atoms with Crippen LogP contribution < -0.4 is 9.47 Å². The smallest absolute Gasteiger partial charge is 0.199 e. The zero-order valence-corrected chi connectivity index (χ0v) is 19.9. The van der Waals surface area contributed by atoms with Crippen molar-refractivity contribution >= 4 is 38.5 Å². The van der Waals surface area contributed by atoms with Crippen LogP contribution >= 0.6 is 11.3 Å². The van der Waals surface area contributed by atoms with Crippen LogP contribution in [0.15, 0.2) is 66.2 Å². The largest absolute Gasteiger partial charge is 0.493 e. The third-order valence-corrected chi connectivity index (χ3v) is 6.89. The van der Waals surface area contributed by atoms with Gasteiger partial charge in [0, 0.05) is 40.9 Å². The molecule has 3 aromatic heterocycles. The van der Waals surface area contributed by atoms with Crippen molar-refractivity contribution in [2.24, 2.45) is 0 Å². The third kappa shape index (κ3) is 4.06. The van der Waals surface area contributed by atoms with Crippen LogP contribution in [0.5, 0.6) is 11.5 Å². The number of pyridine rings is 1. The van der Waals surface area contributed by atoms with Gasteiger partial charge in [0.05, 0.1) is 30.1 Å². The van der Waals surface area contributed by atoms with Crippen LogP contribution in [0.25, 0.3) is 26.9 Å². The van der Waals surface area contributed by atoms with Crippen LogP contribution in [-0.4, -0.2) is 35.2 Å². The molecule has 0 saturated carbocycles. The van der Waals surface area contributed by atoms with Gasteiger partial charge in [0.1, 0.15) is 5.82 Å². The van der Waals surface area contributed by atoms with Crippen LogP contribution in [0.1, 0.15) is 33.8 Å². The number of benzene rings is 2. The van der Waals surface area contributed by atoms with Gasteiger partial charge in [0.25, 0.3) is 0 Å². The predicted molar refractivity (Wildman–Crippen MR) is 133 cm³/mol. The fourth-order valence-electron chi connectivity index (χ4n) is 4.13. The number of aromatic nitrogens is 2. The van der Waals surface area contributed by atoms with Crippen LogP contribution in [-0.2, 0) is 0 Å². The molecule has 0 atom stereocenters. The maximum absolute atomic E-state index is 14.3. The van der Waals surface area contributed by atoms with Crippen molar-refractivity contribution in [2.75, 3.05) is 14.2 Å². The molecule has 0 N–H and O–H groups in total. The summed E-state index contributed by atoms with van der Waals surface area (Å²) >= 11 is 1.31. The molecule has 0 bridgehead atoms. The number of hydrogen-bond acceptors (Lipinski definition) is 6. The monoisotopic (exact) mass is 488 g/mol. The van der Waals surface area contributed by atoms with E-state index in [1.807, 2.05) is 29.6 Å². The number of imidazole rings is 1. The summed E-state index contributed by atoms with van der Waals surface area (Å²) in [7, 11) is 3.03. The highest BCUT2D eigenvalue weighted by Crippen LogP contribution is 2.37. The van der Waals surface area contributed by atoms with Gasteiger partial charge in [-0.15, -0.1) is 11.3 Å². The van der Waals surface area contributed by atoms with E-state index in [4.69, 9.17) is 9.47 Å². The number of ether oxygens (including phenoxy) is 2. The Labute approximate surface area is 204 Å². The van der Waals surface area contributed by atoms with Gasteiger partial charge in [0.2, 0.25) is 0 Å². The first-order chi connectivity index (χ1) is 17.0. The number of hydrogen-bond donors (Lipinski definition) is 0. The number of carbonyl (C=O) groups excluding carboxylic acids is 2.